The molecule has 0 unspecified atom stereocenters. The predicted molar refractivity (Wildman–Crippen MR) is 102 cm³/mol. The Bertz CT molecular complexity index is 949. The highest BCUT2D eigenvalue weighted by Crippen LogP contribution is 2.29. The van der Waals surface area contributed by atoms with Gasteiger partial charge < -0.3 is 15.7 Å². The third-order valence-electron chi connectivity index (χ3n) is 3.84. The minimum atomic E-state index is -0.421. The van der Waals surface area contributed by atoms with E-state index in [9.17, 15) is 10.1 Å². The maximum atomic E-state index is 11.1. The van der Waals surface area contributed by atoms with Gasteiger partial charge >= 0.3 is 0 Å². The first-order valence-corrected chi connectivity index (χ1v) is 8.23. The summed E-state index contributed by atoms with van der Waals surface area (Å²) >= 11 is 0. The number of nitrogens with zero attached hydrogens (tertiary/aromatic N) is 4. The summed E-state index contributed by atoms with van der Waals surface area (Å²) < 4.78 is 0. The van der Waals surface area contributed by atoms with E-state index in [-0.39, 0.29) is 12.3 Å². The van der Waals surface area contributed by atoms with Crippen molar-refractivity contribution in [2.45, 2.75) is 6.92 Å². The lowest BCUT2D eigenvalue weighted by Crippen LogP contribution is -2.10. The highest BCUT2D eigenvalue weighted by molar-refractivity contribution is 5.70. The molecular weight excluding hydrogens is 348 g/mol. The normalized spacial score (nSPS) is 10.4. The SMILES string of the molecule is Cc1c(Nc2cc(-c3cccnc3)nc(NCCO)n2)cccc1[N+](=O)[O-]. The van der Waals surface area contributed by atoms with E-state index >= 15 is 0 Å². The number of aromatic nitrogens is 3. The van der Waals surface area contributed by atoms with Crippen LogP contribution in [0.4, 0.5) is 23.1 Å². The molecule has 0 spiro atoms. The van der Waals surface area contributed by atoms with Gasteiger partial charge in [-0.1, -0.05) is 6.07 Å². The number of hydrogen-bond acceptors (Lipinski definition) is 8. The molecule has 9 heteroatoms. The van der Waals surface area contributed by atoms with Crippen molar-refractivity contribution >= 4 is 23.1 Å². The Labute approximate surface area is 155 Å². The van der Waals surface area contributed by atoms with Crippen LogP contribution < -0.4 is 10.6 Å². The lowest BCUT2D eigenvalue weighted by atomic mass is 10.1. The number of nitro benzene ring substituents is 1. The van der Waals surface area contributed by atoms with Crippen LogP contribution in [0.5, 0.6) is 0 Å². The van der Waals surface area contributed by atoms with Crippen LogP contribution in [-0.4, -0.2) is 38.1 Å². The van der Waals surface area contributed by atoms with Gasteiger partial charge in [-0.05, 0) is 25.1 Å². The molecule has 0 aliphatic rings. The molecule has 0 aliphatic heterocycles. The van der Waals surface area contributed by atoms with Gasteiger partial charge in [0.1, 0.15) is 5.82 Å². The number of rotatable bonds is 7. The van der Waals surface area contributed by atoms with Crippen molar-refractivity contribution in [3.05, 3.63) is 64.5 Å². The molecule has 2 heterocycles. The third-order valence-corrected chi connectivity index (χ3v) is 3.84. The summed E-state index contributed by atoms with van der Waals surface area (Å²) in [4.78, 5) is 23.6. The number of benzene rings is 1. The van der Waals surface area contributed by atoms with Crippen LogP contribution >= 0.6 is 0 Å². The lowest BCUT2D eigenvalue weighted by molar-refractivity contribution is -0.385. The second-order valence-corrected chi connectivity index (χ2v) is 5.69. The number of nitrogens with one attached hydrogen (secondary N) is 2. The maximum absolute atomic E-state index is 11.1. The van der Waals surface area contributed by atoms with E-state index in [2.05, 4.69) is 25.6 Å². The summed E-state index contributed by atoms with van der Waals surface area (Å²) in [5.74, 6) is 0.795. The number of aliphatic hydroxyl groups excluding tert-OH is 1. The molecule has 0 saturated heterocycles. The van der Waals surface area contributed by atoms with Crippen molar-refractivity contribution < 1.29 is 10.0 Å². The van der Waals surface area contributed by atoms with Gasteiger partial charge in [-0.3, -0.25) is 15.1 Å². The molecule has 1 aromatic carbocycles. The Kier molecular flexibility index (Phi) is 5.53. The van der Waals surface area contributed by atoms with Crippen LogP contribution in [0.25, 0.3) is 11.3 Å². The van der Waals surface area contributed by atoms with Crippen LogP contribution in [-0.2, 0) is 0 Å². The predicted octanol–water partition coefficient (Wildman–Crippen LogP) is 2.90. The largest absolute Gasteiger partial charge is 0.395 e. The van der Waals surface area contributed by atoms with E-state index in [1.165, 1.54) is 6.07 Å². The van der Waals surface area contributed by atoms with E-state index in [0.717, 1.165) is 5.56 Å². The lowest BCUT2D eigenvalue weighted by Gasteiger charge is -2.12. The van der Waals surface area contributed by atoms with Crippen molar-refractivity contribution in [1.29, 1.82) is 0 Å². The fourth-order valence-corrected chi connectivity index (χ4v) is 2.51. The molecule has 0 bridgehead atoms. The van der Waals surface area contributed by atoms with Gasteiger partial charge in [0, 0.05) is 42.3 Å². The highest BCUT2D eigenvalue weighted by atomic mass is 16.6. The van der Waals surface area contributed by atoms with E-state index in [4.69, 9.17) is 5.11 Å². The van der Waals surface area contributed by atoms with Crippen LogP contribution in [0, 0.1) is 17.0 Å². The third kappa shape index (κ3) is 4.33. The highest BCUT2D eigenvalue weighted by Gasteiger charge is 2.14. The first-order valence-electron chi connectivity index (χ1n) is 8.23. The molecule has 27 heavy (non-hydrogen) atoms. The van der Waals surface area contributed by atoms with Gasteiger partial charge in [0.15, 0.2) is 0 Å². The van der Waals surface area contributed by atoms with Crippen LogP contribution in [0.2, 0.25) is 0 Å². The molecule has 0 atom stereocenters. The van der Waals surface area contributed by atoms with Crippen molar-refractivity contribution in [2.24, 2.45) is 0 Å². The minimum absolute atomic E-state index is 0.0279. The van der Waals surface area contributed by atoms with E-state index in [0.29, 0.717) is 35.3 Å². The molecule has 138 valence electrons. The fourth-order valence-electron chi connectivity index (χ4n) is 2.51. The van der Waals surface area contributed by atoms with Gasteiger partial charge in [0.2, 0.25) is 5.95 Å². The number of nitro groups is 1. The number of aliphatic hydroxyl groups is 1. The molecule has 0 aliphatic carbocycles. The first kappa shape index (κ1) is 18.2. The van der Waals surface area contributed by atoms with Crippen LogP contribution in [0.15, 0.2) is 48.8 Å². The quantitative estimate of drug-likeness (QED) is 0.430. The molecule has 9 nitrogen and oxygen atoms in total. The Hall–Kier alpha value is -3.59. The van der Waals surface area contributed by atoms with Gasteiger partial charge in [-0.15, -0.1) is 0 Å². The number of anilines is 3. The second kappa shape index (κ2) is 8.19. The fraction of sp³-hybridized carbons (Fsp3) is 0.167. The molecular formula is C18H18N6O3. The molecule has 0 radical (unpaired) electrons. The molecule has 3 aromatic rings. The zero-order chi connectivity index (χ0) is 19.2. The van der Waals surface area contributed by atoms with Gasteiger partial charge in [-0.25, -0.2) is 4.98 Å². The number of pyridine rings is 1. The van der Waals surface area contributed by atoms with Crippen LogP contribution in [0.3, 0.4) is 0 Å². The Morgan fingerprint density at radius 3 is 2.78 bits per heavy atom. The summed E-state index contributed by atoms with van der Waals surface area (Å²) in [6, 6.07) is 10.2. The Balaban J connectivity index is 1.99. The average Bonchev–Trinajstić information content (AvgIpc) is 2.68. The van der Waals surface area contributed by atoms with E-state index in [1.54, 1.807) is 43.6 Å². The molecule has 3 N–H and O–H groups in total. The van der Waals surface area contributed by atoms with Gasteiger partial charge in [-0.2, -0.15) is 4.98 Å². The van der Waals surface area contributed by atoms with Crippen molar-refractivity contribution in [2.75, 3.05) is 23.8 Å². The zero-order valence-corrected chi connectivity index (χ0v) is 14.6. The van der Waals surface area contributed by atoms with E-state index in [1.807, 2.05) is 6.07 Å². The molecule has 0 saturated carbocycles. The second-order valence-electron chi connectivity index (χ2n) is 5.69. The Morgan fingerprint density at radius 2 is 2.07 bits per heavy atom. The number of hydrogen-bond donors (Lipinski definition) is 3. The average molecular weight is 366 g/mol. The molecule has 3 rings (SSSR count). The van der Waals surface area contributed by atoms with Gasteiger partial charge in [0.05, 0.1) is 22.8 Å². The molecule has 0 amide bonds. The van der Waals surface area contributed by atoms with Crippen molar-refractivity contribution in [3.63, 3.8) is 0 Å². The monoisotopic (exact) mass is 366 g/mol. The summed E-state index contributed by atoms with van der Waals surface area (Å²) in [6.07, 6.45) is 3.35. The smallest absolute Gasteiger partial charge is 0.274 e. The van der Waals surface area contributed by atoms with E-state index < -0.39 is 4.92 Å². The zero-order valence-electron chi connectivity index (χ0n) is 14.6. The first-order chi connectivity index (χ1) is 13.1. The summed E-state index contributed by atoms with van der Waals surface area (Å²) in [5, 5.41) is 26.2. The Morgan fingerprint density at radius 1 is 1.22 bits per heavy atom. The summed E-state index contributed by atoms with van der Waals surface area (Å²) in [7, 11) is 0. The topological polar surface area (TPSA) is 126 Å². The summed E-state index contributed by atoms with van der Waals surface area (Å²) in [5.41, 5.74) is 2.54. The van der Waals surface area contributed by atoms with Crippen LogP contribution in [0.1, 0.15) is 5.56 Å². The summed E-state index contributed by atoms with van der Waals surface area (Å²) in [6.45, 7) is 1.91. The standard InChI is InChI=1S/C18H18N6O3/c1-12-14(5-2-6-16(12)24(26)27)21-17-10-15(13-4-3-7-19-11-13)22-18(23-17)20-8-9-25/h2-7,10-11,25H,8-9H2,1H3,(H2,20,21,22,23). The molecule has 2 aromatic heterocycles. The molecule has 0 fully saturated rings. The van der Waals surface area contributed by atoms with Crippen molar-refractivity contribution in [3.8, 4) is 11.3 Å². The minimum Gasteiger partial charge on any atom is -0.395 e. The van der Waals surface area contributed by atoms with Crippen molar-refractivity contribution in [1.82, 2.24) is 15.0 Å². The maximum Gasteiger partial charge on any atom is 0.274 e. The van der Waals surface area contributed by atoms with Gasteiger partial charge in [0.25, 0.3) is 5.69 Å².